The van der Waals surface area contributed by atoms with E-state index in [1.54, 1.807) is 0 Å². The van der Waals surface area contributed by atoms with Gasteiger partial charge < -0.3 is 15.2 Å². The fraction of sp³-hybridized carbons (Fsp3) is 0.409. The van der Waals surface area contributed by atoms with Crippen molar-refractivity contribution in [2.75, 3.05) is 0 Å². The summed E-state index contributed by atoms with van der Waals surface area (Å²) in [6.45, 7) is 1.90. The molecule has 1 aliphatic heterocycles. The molecule has 4 heteroatoms. The van der Waals surface area contributed by atoms with Crippen molar-refractivity contribution in [3.63, 3.8) is 0 Å². The average molecular weight is 353 g/mol. The van der Waals surface area contributed by atoms with E-state index in [-0.39, 0.29) is 24.1 Å². The van der Waals surface area contributed by atoms with E-state index in [1.807, 2.05) is 43.3 Å². The molecule has 0 saturated carbocycles. The highest BCUT2D eigenvalue weighted by atomic mass is 16.6. The average Bonchev–Trinajstić information content (AvgIpc) is 2.70. The Morgan fingerprint density at radius 3 is 2.38 bits per heavy atom. The highest BCUT2D eigenvalue weighted by Crippen LogP contribution is 2.28. The highest BCUT2D eigenvalue weighted by molar-refractivity contribution is 5.75. The van der Waals surface area contributed by atoms with Crippen LogP contribution >= 0.6 is 0 Å². The Labute approximate surface area is 155 Å². The molecule has 0 radical (unpaired) electrons. The quantitative estimate of drug-likeness (QED) is 0.851. The zero-order valence-electron chi connectivity index (χ0n) is 15.2. The molecule has 1 saturated heterocycles. The van der Waals surface area contributed by atoms with Gasteiger partial charge in [0.15, 0.2) is 0 Å². The van der Waals surface area contributed by atoms with Gasteiger partial charge in [-0.3, -0.25) is 4.79 Å². The molecule has 1 heterocycles. The van der Waals surface area contributed by atoms with E-state index in [4.69, 9.17) is 15.2 Å². The first-order valence-electron chi connectivity index (χ1n) is 9.35. The van der Waals surface area contributed by atoms with Crippen molar-refractivity contribution in [2.24, 2.45) is 11.7 Å². The summed E-state index contributed by atoms with van der Waals surface area (Å²) in [7, 11) is 0. The fourth-order valence-corrected chi connectivity index (χ4v) is 3.59. The number of carbonyl (C=O) groups is 1. The normalized spacial score (nSPS) is 26.9. The van der Waals surface area contributed by atoms with E-state index in [1.165, 1.54) is 5.56 Å². The van der Waals surface area contributed by atoms with E-state index in [9.17, 15) is 4.79 Å². The number of rotatable bonds is 4. The van der Waals surface area contributed by atoms with Crippen LogP contribution in [0.25, 0.3) is 0 Å². The molecule has 4 nitrogen and oxygen atoms in total. The standard InChI is InChI=1S/C22H27NO3/c1-16-21(26-19-12-6-3-7-13-19)18(15-17-9-4-2-5-10-17)11-8-14-20(23)22(24)25-16/h2-7,9-10,12-13,16,18,20-21H,8,11,14-15,23H2,1H3. The van der Waals surface area contributed by atoms with E-state index in [2.05, 4.69) is 24.3 Å². The lowest BCUT2D eigenvalue weighted by Crippen LogP contribution is -2.42. The topological polar surface area (TPSA) is 61.5 Å². The molecular formula is C22H27NO3. The predicted molar refractivity (Wildman–Crippen MR) is 102 cm³/mol. The maximum Gasteiger partial charge on any atom is 0.323 e. The van der Waals surface area contributed by atoms with Crippen LogP contribution in [0.4, 0.5) is 0 Å². The molecule has 2 aromatic rings. The summed E-state index contributed by atoms with van der Waals surface area (Å²) in [5.74, 6) is 0.701. The Bertz CT molecular complexity index is 689. The lowest BCUT2D eigenvalue weighted by atomic mass is 9.87. The molecule has 0 aromatic heterocycles. The minimum absolute atomic E-state index is 0.216. The SMILES string of the molecule is CC1OC(=O)C(N)CCCC(Cc2ccccc2)C1Oc1ccccc1. The van der Waals surface area contributed by atoms with Gasteiger partial charge in [0.25, 0.3) is 0 Å². The van der Waals surface area contributed by atoms with Crippen molar-refractivity contribution in [2.45, 2.75) is 50.9 Å². The monoisotopic (exact) mass is 353 g/mol. The maximum atomic E-state index is 12.2. The molecule has 0 spiro atoms. The van der Waals surface area contributed by atoms with Crippen LogP contribution in [0, 0.1) is 5.92 Å². The van der Waals surface area contributed by atoms with Crippen LogP contribution in [-0.4, -0.2) is 24.2 Å². The minimum Gasteiger partial charge on any atom is -0.486 e. The van der Waals surface area contributed by atoms with Gasteiger partial charge in [0.05, 0.1) is 0 Å². The van der Waals surface area contributed by atoms with Crippen molar-refractivity contribution >= 4 is 5.97 Å². The lowest BCUT2D eigenvalue weighted by molar-refractivity contribution is -0.155. The van der Waals surface area contributed by atoms with Crippen molar-refractivity contribution in [1.29, 1.82) is 0 Å². The maximum absolute atomic E-state index is 12.2. The molecule has 4 atom stereocenters. The smallest absolute Gasteiger partial charge is 0.323 e. The summed E-state index contributed by atoms with van der Waals surface area (Å²) in [6.07, 6.45) is 2.79. The summed E-state index contributed by atoms with van der Waals surface area (Å²) in [4.78, 5) is 12.2. The van der Waals surface area contributed by atoms with Crippen LogP contribution in [0.15, 0.2) is 60.7 Å². The summed E-state index contributed by atoms with van der Waals surface area (Å²) < 4.78 is 12.0. The number of cyclic esters (lactones) is 1. The molecule has 2 N–H and O–H groups in total. The molecule has 4 unspecified atom stereocenters. The summed E-state index contributed by atoms with van der Waals surface area (Å²) in [6, 6.07) is 19.6. The Morgan fingerprint density at radius 1 is 1.04 bits per heavy atom. The number of ether oxygens (including phenoxy) is 2. The van der Waals surface area contributed by atoms with Crippen molar-refractivity contribution in [3.8, 4) is 5.75 Å². The number of para-hydroxylation sites is 1. The summed E-state index contributed by atoms with van der Waals surface area (Å²) in [5.41, 5.74) is 7.23. The van der Waals surface area contributed by atoms with Gasteiger partial charge in [0, 0.05) is 5.92 Å². The molecule has 26 heavy (non-hydrogen) atoms. The van der Waals surface area contributed by atoms with Crippen LogP contribution in [0.1, 0.15) is 31.7 Å². The first-order chi connectivity index (χ1) is 12.6. The molecular weight excluding hydrogens is 326 g/mol. The van der Waals surface area contributed by atoms with Crippen molar-refractivity contribution < 1.29 is 14.3 Å². The zero-order valence-corrected chi connectivity index (χ0v) is 15.2. The second kappa shape index (κ2) is 8.86. The van der Waals surface area contributed by atoms with Crippen molar-refractivity contribution in [3.05, 3.63) is 66.2 Å². The largest absolute Gasteiger partial charge is 0.486 e. The number of hydrogen-bond acceptors (Lipinski definition) is 4. The Kier molecular flexibility index (Phi) is 6.29. The molecule has 0 bridgehead atoms. The fourth-order valence-electron chi connectivity index (χ4n) is 3.59. The number of hydrogen-bond donors (Lipinski definition) is 1. The van der Waals surface area contributed by atoms with Crippen LogP contribution in [0.2, 0.25) is 0 Å². The lowest BCUT2D eigenvalue weighted by Gasteiger charge is -2.31. The predicted octanol–water partition coefficient (Wildman–Crippen LogP) is 3.74. The van der Waals surface area contributed by atoms with E-state index in [0.29, 0.717) is 6.42 Å². The number of nitrogens with two attached hydrogens (primary N) is 1. The number of benzene rings is 2. The van der Waals surface area contributed by atoms with E-state index in [0.717, 1.165) is 25.0 Å². The van der Waals surface area contributed by atoms with Crippen molar-refractivity contribution in [1.82, 2.24) is 0 Å². The Hall–Kier alpha value is -2.33. The number of esters is 1. The Balaban J connectivity index is 1.85. The van der Waals surface area contributed by atoms with Gasteiger partial charge in [0.1, 0.15) is 24.0 Å². The van der Waals surface area contributed by atoms with E-state index < -0.39 is 6.04 Å². The molecule has 1 fully saturated rings. The second-order valence-corrected chi connectivity index (χ2v) is 7.02. The van der Waals surface area contributed by atoms with Gasteiger partial charge in [-0.15, -0.1) is 0 Å². The molecule has 0 amide bonds. The molecule has 138 valence electrons. The van der Waals surface area contributed by atoms with Gasteiger partial charge in [0.2, 0.25) is 0 Å². The van der Waals surface area contributed by atoms with E-state index >= 15 is 0 Å². The van der Waals surface area contributed by atoms with Gasteiger partial charge >= 0.3 is 5.97 Å². The van der Waals surface area contributed by atoms with Gasteiger partial charge in [-0.1, -0.05) is 55.0 Å². The third-order valence-corrected chi connectivity index (χ3v) is 4.98. The van der Waals surface area contributed by atoms with Crippen LogP contribution < -0.4 is 10.5 Å². The minimum atomic E-state index is -0.551. The molecule has 0 aliphatic carbocycles. The molecule has 1 aliphatic rings. The van der Waals surface area contributed by atoms with Gasteiger partial charge in [-0.25, -0.2) is 0 Å². The van der Waals surface area contributed by atoms with Crippen LogP contribution in [0.5, 0.6) is 5.75 Å². The highest BCUT2D eigenvalue weighted by Gasteiger charge is 2.34. The first kappa shape index (κ1) is 18.5. The third kappa shape index (κ3) is 4.85. The third-order valence-electron chi connectivity index (χ3n) is 4.98. The Morgan fingerprint density at radius 2 is 1.69 bits per heavy atom. The van der Waals surface area contributed by atoms with Crippen LogP contribution in [-0.2, 0) is 16.0 Å². The summed E-state index contributed by atoms with van der Waals surface area (Å²) >= 11 is 0. The van der Waals surface area contributed by atoms with Gasteiger partial charge in [-0.2, -0.15) is 0 Å². The molecule has 3 rings (SSSR count). The zero-order chi connectivity index (χ0) is 18.4. The summed E-state index contributed by atoms with van der Waals surface area (Å²) in [5, 5.41) is 0. The van der Waals surface area contributed by atoms with Gasteiger partial charge in [-0.05, 0) is 43.9 Å². The first-order valence-corrected chi connectivity index (χ1v) is 9.35. The van der Waals surface area contributed by atoms with Crippen LogP contribution in [0.3, 0.4) is 0 Å². The number of carbonyl (C=O) groups excluding carboxylic acids is 1. The second-order valence-electron chi connectivity index (χ2n) is 7.02. The molecule has 2 aromatic carbocycles.